The van der Waals surface area contributed by atoms with E-state index in [2.05, 4.69) is 9.97 Å². The summed E-state index contributed by atoms with van der Waals surface area (Å²) in [5.41, 5.74) is 7.63. The van der Waals surface area contributed by atoms with Crippen molar-refractivity contribution in [3.05, 3.63) is 47.2 Å². The zero-order valence-electron chi connectivity index (χ0n) is 17.8. The summed E-state index contributed by atoms with van der Waals surface area (Å²) < 4.78 is 26.5. The molecule has 1 aromatic carbocycles. The summed E-state index contributed by atoms with van der Waals surface area (Å²) in [6.07, 6.45) is 1.51. The summed E-state index contributed by atoms with van der Waals surface area (Å²) in [5.74, 6) is 0.101. The number of nitrogens with two attached hydrogens (primary N) is 1. The van der Waals surface area contributed by atoms with Gasteiger partial charge in [-0.3, -0.25) is 4.79 Å². The standard InChI is InChI=1S/C22H21N3O7/c1-4-29-22(27)18-11(2)32-21-19(18)20(23)24-16(25-21)10-31-17(26)7-12-9-30-15-8-13(28-3)5-6-14(12)15/h5-6,8-9H,4,7,10H2,1-3H3,(H2,23,24,25). The monoisotopic (exact) mass is 439 g/mol. The highest BCUT2D eigenvalue weighted by atomic mass is 16.5. The van der Waals surface area contributed by atoms with Crippen LogP contribution in [0.1, 0.15) is 34.4 Å². The number of fused-ring (bicyclic) bond motifs is 2. The Bertz CT molecular complexity index is 1320. The quantitative estimate of drug-likeness (QED) is 0.426. The molecule has 3 aromatic heterocycles. The smallest absolute Gasteiger partial charge is 0.342 e. The van der Waals surface area contributed by atoms with Crippen molar-refractivity contribution in [3.63, 3.8) is 0 Å². The molecule has 0 aliphatic carbocycles. The Balaban J connectivity index is 1.48. The molecule has 0 aliphatic rings. The van der Waals surface area contributed by atoms with Gasteiger partial charge in [-0.15, -0.1) is 0 Å². The third-order valence-electron chi connectivity index (χ3n) is 4.84. The number of hydrogen-bond donors (Lipinski definition) is 1. The fraction of sp³-hybridized carbons (Fsp3) is 0.273. The number of aryl methyl sites for hydroxylation is 1. The van der Waals surface area contributed by atoms with Gasteiger partial charge in [0.15, 0.2) is 12.4 Å². The Morgan fingerprint density at radius 1 is 1.19 bits per heavy atom. The van der Waals surface area contributed by atoms with Crippen molar-refractivity contribution in [2.75, 3.05) is 19.5 Å². The molecular formula is C22H21N3O7. The normalized spacial score (nSPS) is 11.1. The van der Waals surface area contributed by atoms with Crippen molar-refractivity contribution in [3.8, 4) is 5.75 Å². The van der Waals surface area contributed by atoms with Gasteiger partial charge in [0.2, 0.25) is 5.71 Å². The number of methoxy groups -OCH3 is 1. The van der Waals surface area contributed by atoms with Crippen LogP contribution in [0.25, 0.3) is 22.1 Å². The Labute approximate surface area is 182 Å². The molecule has 3 heterocycles. The number of anilines is 1. The molecule has 32 heavy (non-hydrogen) atoms. The Morgan fingerprint density at radius 3 is 2.75 bits per heavy atom. The van der Waals surface area contributed by atoms with Gasteiger partial charge >= 0.3 is 11.9 Å². The fourth-order valence-corrected chi connectivity index (χ4v) is 3.38. The van der Waals surface area contributed by atoms with Crippen LogP contribution in [0.5, 0.6) is 5.75 Å². The van der Waals surface area contributed by atoms with Crippen LogP contribution in [0, 0.1) is 6.92 Å². The van der Waals surface area contributed by atoms with Crippen molar-refractivity contribution >= 4 is 39.8 Å². The largest absolute Gasteiger partial charge is 0.497 e. The van der Waals surface area contributed by atoms with Crippen molar-refractivity contribution < 1.29 is 32.6 Å². The third kappa shape index (κ3) is 3.94. The molecule has 0 unspecified atom stereocenters. The number of aromatic nitrogens is 2. The molecule has 166 valence electrons. The lowest BCUT2D eigenvalue weighted by molar-refractivity contribution is -0.144. The second-order valence-electron chi connectivity index (χ2n) is 6.92. The van der Waals surface area contributed by atoms with E-state index in [-0.39, 0.29) is 47.9 Å². The van der Waals surface area contributed by atoms with Crippen LogP contribution < -0.4 is 10.5 Å². The molecule has 2 N–H and O–H groups in total. The van der Waals surface area contributed by atoms with E-state index in [9.17, 15) is 9.59 Å². The number of ether oxygens (including phenoxy) is 3. The zero-order chi connectivity index (χ0) is 22.8. The predicted molar refractivity (Wildman–Crippen MR) is 113 cm³/mol. The van der Waals surface area contributed by atoms with Gasteiger partial charge in [0.1, 0.15) is 28.5 Å². The van der Waals surface area contributed by atoms with Gasteiger partial charge in [-0.25, -0.2) is 9.78 Å². The lowest BCUT2D eigenvalue weighted by Crippen LogP contribution is -2.11. The number of esters is 2. The van der Waals surface area contributed by atoms with E-state index in [1.54, 1.807) is 33.1 Å². The Kier molecular flexibility index (Phi) is 5.67. The first-order valence-electron chi connectivity index (χ1n) is 9.83. The summed E-state index contributed by atoms with van der Waals surface area (Å²) in [5, 5.41) is 1.07. The number of carbonyl (C=O) groups is 2. The molecule has 0 atom stereocenters. The highest BCUT2D eigenvalue weighted by Gasteiger charge is 2.24. The number of nitrogens with zero attached hydrogens (tertiary/aromatic N) is 2. The molecule has 10 heteroatoms. The fourth-order valence-electron chi connectivity index (χ4n) is 3.38. The summed E-state index contributed by atoms with van der Waals surface area (Å²) in [7, 11) is 1.57. The number of furan rings is 2. The van der Waals surface area contributed by atoms with Crippen LogP contribution in [-0.2, 0) is 27.3 Å². The number of hydrogen-bond acceptors (Lipinski definition) is 10. The molecular weight excluding hydrogens is 418 g/mol. The van der Waals surface area contributed by atoms with E-state index in [0.29, 0.717) is 22.7 Å². The van der Waals surface area contributed by atoms with E-state index in [1.807, 2.05) is 6.07 Å². The van der Waals surface area contributed by atoms with E-state index in [4.69, 9.17) is 28.8 Å². The van der Waals surface area contributed by atoms with E-state index in [1.165, 1.54) is 6.26 Å². The van der Waals surface area contributed by atoms with Crippen LogP contribution >= 0.6 is 0 Å². The topological polar surface area (TPSA) is 140 Å². The van der Waals surface area contributed by atoms with Gasteiger partial charge in [-0.1, -0.05) is 0 Å². The molecule has 4 rings (SSSR count). The first-order chi connectivity index (χ1) is 15.4. The van der Waals surface area contributed by atoms with Crippen molar-refractivity contribution in [1.29, 1.82) is 0 Å². The van der Waals surface area contributed by atoms with Crippen LogP contribution in [0.15, 0.2) is 33.3 Å². The predicted octanol–water partition coefficient (Wildman–Crippen LogP) is 3.33. The molecule has 0 amide bonds. The van der Waals surface area contributed by atoms with Gasteiger partial charge in [0, 0.05) is 17.0 Å². The zero-order valence-corrected chi connectivity index (χ0v) is 17.8. The second-order valence-corrected chi connectivity index (χ2v) is 6.92. The Hall–Kier alpha value is -4.08. The van der Waals surface area contributed by atoms with Gasteiger partial charge < -0.3 is 28.8 Å². The average Bonchev–Trinajstić information content (AvgIpc) is 3.32. The summed E-state index contributed by atoms with van der Waals surface area (Å²) in [4.78, 5) is 32.9. The molecule has 0 saturated heterocycles. The molecule has 10 nitrogen and oxygen atoms in total. The highest BCUT2D eigenvalue weighted by molar-refractivity contribution is 6.07. The number of nitrogen functional groups attached to an aromatic ring is 1. The molecule has 4 aromatic rings. The third-order valence-corrected chi connectivity index (χ3v) is 4.84. The van der Waals surface area contributed by atoms with Crippen LogP contribution in [-0.4, -0.2) is 35.6 Å². The molecule has 0 spiro atoms. The van der Waals surface area contributed by atoms with E-state index in [0.717, 1.165) is 5.39 Å². The highest BCUT2D eigenvalue weighted by Crippen LogP contribution is 2.29. The minimum atomic E-state index is -0.566. The Morgan fingerprint density at radius 2 is 2.00 bits per heavy atom. The lowest BCUT2D eigenvalue weighted by Gasteiger charge is -2.05. The van der Waals surface area contributed by atoms with E-state index >= 15 is 0 Å². The average molecular weight is 439 g/mol. The van der Waals surface area contributed by atoms with Crippen molar-refractivity contribution in [2.45, 2.75) is 26.9 Å². The van der Waals surface area contributed by atoms with Gasteiger partial charge in [0.05, 0.1) is 31.8 Å². The number of benzene rings is 1. The van der Waals surface area contributed by atoms with Gasteiger partial charge in [-0.05, 0) is 26.0 Å². The summed E-state index contributed by atoms with van der Waals surface area (Å²) in [6.45, 7) is 3.30. The van der Waals surface area contributed by atoms with Crippen LogP contribution in [0.4, 0.5) is 5.82 Å². The maximum atomic E-state index is 12.4. The van der Waals surface area contributed by atoms with Gasteiger partial charge in [0.25, 0.3) is 0 Å². The van der Waals surface area contributed by atoms with Crippen LogP contribution in [0.2, 0.25) is 0 Å². The molecule has 0 radical (unpaired) electrons. The molecule has 0 saturated carbocycles. The van der Waals surface area contributed by atoms with Crippen molar-refractivity contribution in [1.82, 2.24) is 9.97 Å². The molecule has 0 aliphatic heterocycles. The van der Waals surface area contributed by atoms with E-state index < -0.39 is 11.9 Å². The molecule has 0 bridgehead atoms. The van der Waals surface area contributed by atoms with Gasteiger partial charge in [-0.2, -0.15) is 4.98 Å². The number of rotatable bonds is 7. The lowest BCUT2D eigenvalue weighted by atomic mass is 10.1. The minimum Gasteiger partial charge on any atom is -0.497 e. The summed E-state index contributed by atoms with van der Waals surface area (Å²) >= 11 is 0. The first kappa shape index (κ1) is 21.2. The second kappa shape index (κ2) is 8.58. The van der Waals surface area contributed by atoms with Crippen molar-refractivity contribution in [2.24, 2.45) is 0 Å². The maximum absolute atomic E-state index is 12.4. The molecule has 0 fully saturated rings. The first-order valence-corrected chi connectivity index (χ1v) is 9.83. The maximum Gasteiger partial charge on any atom is 0.342 e. The number of carbonyl (C=O) groups excluding carboxylic acids is 2. The minimum absolute atomic E-state index is 0.00389. The summed E-state index contributed by atoms with van der Waals surface area (Å²) in [6, 6.07) is 5.35. The van der Waals surface area contributed by atoms with Crippen LogP contribution in [0.3, 0.4) is 0 Å². The SMILES string of the molecule is CCOC(=O)c1c(C)oc2nc(COC(=O)Cc3coc4cc(OC)ccc34)nc(N)c12.